The lowest BCUT2D eigenvalue weighted by molar-refractivity contribution is 0.0536. The van der Waals surface area contributed by atoms with Crippen LogP contribution in [0.1, 0.15) is 10.5 Å². The molecule has 158 valence electrons. The Hall–Kier alpha value is -3.89. The van der Waals surface area contributed by atoms with E-state index in [2.05, 4.69) is 20.4 Å². The first kappa shape index (κ1) is 20.4. The van der Waals surface area contributed by atoms with Crippen molar-refractivity contribution in [2.45, 2.75) is 6.10 Å². The van der Waals surface area contributed by atoms with Crippen molar-refractivity contribution in [2.75, 3.05) is 18.5 Å². The number of aliphatic hydroxyl groups is 2. The molecule has 3 heterocycles. The molecule has 1 aromatic carbocycles. The van der Waals surface area contributed by atoms with Crippen molar-refractivity contribution in [1.29, 1.82) is 0 Å². The minimum absolute atomic E-state index is 0.000946. The van der Waals surface area contributed by atoms with Crippen LogP contribution in [0.3, 0.4) is 0 Å². The molecule has 0 radical (unpaired) electrons. The number of benzene rings is 1. The number of fused-ring (bicyclic) bond motifs is 1. The molecule has 1 amide bonds. The van der Waals surface area contributed by atoms with Gasteiger partial charge in [-0.1, -0.05) is 12.1 Å². The summed E-state index contributed by atoms with van der Waals surface area (Å²) in [6.45, 7) is -0.448. The SMILES string of the molecule is O=C(Nc1ccncc1F)c1cnc2ccc(-c3cccc(OCC(O)CO)c3)nn12. The van der Waals surface area contributed by atoms with E-state index in [1.54, 1.807) is 30.3 Å². The van der Waals surface area contributed by atoms with Crippen LogP contribution in [-0.2, 0) is 0 Å². The fourth-order valence-corrected chi connectivity index (χ4v) is 2.84. The maximum Gasteiger partial charge on any atom is 0.276 e. The molecule has 9 nitrogen and oxygen atoms in total. The molecule has 0 bridgehead atoms. The van der Waals surface area contributed by atoms with Crippen molar-refractivity contribution in [3.8, 4) is 17.0 Å². The number of ether oxygens (including phenoxy) is 1. The van der Waals surface area contributed by atoms with Gasteiger partial charge in [0.2, 0.25) is 0 Å². The van der Waals surface area contributed by atoms with E-state index in [0.29, 0.717) is 22.7 Å². The molecule has 1 atom stereocenters. The van der Waals surface area contributed by atoms with Gasteiger partial charge < -0.3 is 20.3 Å². The molecule has 3 N–H and O–H groups in total. The van der Waals surface area contributed by atoms with Gasteiger partial charge in [-0.15, -0.1) is 0 Å². The smallest absolute Gasteiger partial charge is 0.276 e. The highest BCUT2D eigenvalue weighted by Crippen LogP contribution is 2.23. The Kier molecular flexibility index (Phi) is 5.83. The van der Waals surface area contributed by atoms with Crippen LogP contribution in [0.5, 0.6) is 5.75 Å². The average molecular weight is 423 g/mol. The van der Waals surface area contributed by atoms with Crippen molar-refractivity contribution >= 4 is 17.2 Å². The Morgan fingerprint density at radius 1 is 1.23 bits per heavy atom. The zero-order valence-corrected chi connectivity index (χ0v) is 16.1. The van der Waals surface area contributed by atoms with Gasteiger partial charge in [0.25, 0.3) is 5.91 Å². The van der Waals surface area contributed by atoms with Gasteiger partial charge in [-0.25, -0.2) is 13.9 Å². The number of anilines is 1. The summed E-state index contributed by atoms with van der Waals surface area (Å²) in [6, 6.07) is 11.8. The monoisotopic (exact) mass is 423 g/mol. The Balaban J connectivity index is 1.61. The van der Waals surface area contributed by atoms with Crippen molar-refractivity contribution in [3.63, 3.8) is 0 Å². The molecule has 4 rings (SSSR count). The third kappa shape index (κ3) is 4.49. The minimum atomic E-state index is -0.976. The summed E-state index contributed by atoms with van der Waals surface area (Å²) in [5.41, 5.74) is 1.83. The van der Waals surface area contributed by atoms with E-state index in [9.17, 15) is 14.3 Å². The molecular weight excluding hydrogens is 405 g/mol. The fraction of sp³-hybridized carbons (Fsp3) is 0.143. The third-order valence-corrected chi connectivity index (χ3v) is 4.40. The first-order chi connectivity index (χ1) is 15.0. The molecule has 0 fully saturated rings. The molecular formula is C21H18FN5O4. The van der Waals surface area contributed by atoms with E-state index in [-0.39, 0.29) is 18.0 Å². The predicted octanol–water partition coefficient (Wildman–Crippen LogP) is 1.91. The Morgan fingerprint density at radius 2 is 2.10 bits per heavy atom. The maximum absolute atomic E-state index is 13.8. The molecule has 4 aromatic rings. The van der Waals surface area contributed by atoms with Gasteiger partial charge in [-0.05, 0) is 30.3 Å². The number of carbonyl (C=O) groups is 1. The van der Waals surface area contributed by atoms with Gasteiger partial charge in [0.1, 0.15) is 18.5 Å². The Bertz CT molecular complexity index is 1230. The van der Waals surface area contributed by atoms with Crippen molar-refractivity contribution < 1.29 is 24.1 Å². The maximum atomic E-state index is 13.8. The number of pyridine rings is 1. The quantitative estimate of drug-likeness (QED) is 0.415. The average Bonchev–Trinajstić information content (AvgIpc) is 3.22. The number of imidazole rings is 1. The second kappa shape index (κ2) is 8.86. The van der Waals surface area contributed by atoms with Gasteiger partial charge >= 0.3 is 0 Å². The minimum Gasteiger partial charge on any atom is -0.491 e. The standard InChI is InChI=1S/C21H18FN5O4/c22-16-9-23-7-6-18(16)25-21(30)19-10-24-20-5-4-17(26-27(19)20)13-2-1-3-15(8-13)31-12-14(29)11-28/h1-10,14,28-29H,11-12H2,(H,23,25,30). The highest BCUT2D eigenvalue weighted by molar-refractivity contribution is 6.03. The van der Waals surface area contributed by atoms with Crippen LogP contribution in [0.25, 0.3) is 16.9 Å². The number of hydrogen-bond acceptors (Lipinski definition) is 7. The summed E-state index contributed by atoms with van der Waals surface area (Å²) in [5, 5.41) is 25.3. The van der Waals surface area contributed by atoms with E-state index in [1.165, 1.54) is 23.0 Å². The molecule has 0 aliphatic heterocycles. The van der Waals surface area contributed by atoms with Crippen LogP contribution in [0.15, 0.2) is 61.1 Å². The highest BCUT2D eigenvalue weighted by atomic mass is 19.1. The van der Waals surface area contributed by atoms with Crippen LogP contribution >= 0.6 is 0 Å². The van der Waals surface area contributed by atoms with E-state index in [4.69, 9.17) is 9.84 Å². The Labute approximate surface area is 175 Å². The van der Waals surface area contributed by atoms with E-state index in [1.807, 2.05) is 6.07 Å². The highest BCUT2D eigenvalue weighted by Gasteiger charge is 2.16. The van der Waals surface area contributed by atoms with Gasteiger partial charge in [0.05, 0.1) is 30.4 Å². The summed E-state index contributed by atoms with van der Waals surface area (Å²) in [5.74, 6) is -0.734. The molecule has 31 heavy (non-hydrogen) atoms. The molecule has 0 aliphatic rings. The van der Waals surface area contributed by atoms with E-state index >= 15 is 0 Å². The van der Waals surface area contributed by atoms with E-state index in [0.717, 1.165) is 6.20 Å². The summed E-state index contributed by atoms with van der Waals surface area (Å²) in [4.78, 5) is 20.5. The topological polar surface area (TPSA) is 122 Å². The first-order valence-corrected chi connectivity index (χ1v) is 9.33. The first-order valence-electron chi connectivity index (χ1n) is 9.33. The largest absolute Gasteiger partial charge is 0.491 e. The molecule has 0 spiro atoms. The summed E-state index contributed by atoms with van der Waals surface area (Å²) >= 11 is 0. The number of nitrogens with zero attached hydrogens (tertiary/aromatic N) is 4. The van der Waals surface area contributed by atoms with Crippen molar-refractivity contribution in [1.82, 2.24) is 19.6 Å². The zero-order chi connectivity index (χ0) is 21.8. The zero-order valence-electron chi connectivity index (χ0n) is 16.1. The van der Waals surface area contributed by atoms with Gasteiger partial charge in [-0.3, -0.25) is 9.78 Å². The lowest BCUT2D eigenvalue weighted by Crippen LogP contribution is -2.21. The lowest BCUT2D eigenvalue weighted by atomic mass is 10.1. The number of amides is 1. The number of rotatable bonds is 7. The predicted molar refractivity (Wildman–Crippen MR) is 109 cm³/mol. The normalized spacial score (nSPS) is 12.0. The number of nitrogens with one attached hydrogen (secondary N) is 1. The molecule has 1 unspecified atom stereocenters. The lowest BCUT2D eigenvalue weighted by Gasteiger charge is -2.11. The number of hydrogen-bond donors (Lipinski definition) is 3. The number of aromatic nitrogens is 4. The van der Waals surface area contributed by atoms with E-state index < -0.39 is 24.4 Å². The van der Waals surface area contributed by atoms with Gasteiger partial charge in [0.15, 0.2) is 17.2 Å². The van der Waals surface area contributed by atoms with Crippen LogP contribution in [0.4, 0.5) is 10.1 Å². The summed E-state index contributed by atoms with van der Waals surface area (Å²) < 4.78 is 20.6. The second-order valence-corrected chi connectivity index (χ2v) is 6.62. The van der Waals surface area contributed by atoms with Crippen molar-refractivity contribution in [2.24, 2.45) is 0 Å². The molecule has 0 aliphatic carbocycles. The van der Waals surface area contributed by atoms with Gasteiger partial charge in [-0.2, -0.15) is 5.10 Å². The molecule has 10 heteroatoms. The van der Waals surface area contributed by atoms with Gasteiger partial charge in [0, 0.05) is 11.8 Å². The third-order valence-electron chi connectivity index (χ3n) is 4.40. The van der Waals surface area contributed by atoms with Crippen LogP contribution in [-0.4, -0.2) is 55.0 Å². The van der Waals surface area contributed by atoms with Crippen LogP contribution in [0.2, 0.25) is 0 Å². The second-order valence-electron chi connectivity index (χ2n) is 6.62. The summed E-state index contributed by atoms with van der Waals surface area (Å²) in [6.07, 6.45) is 2.76. The number of aliphatic hydroxyl groups excluding tert-OH is 2. The Morgan fingerprint density at radius 3 is 2.90 bits per heavy atom. The number of carbonyl (C=O) groups excluding carboxylic acids is 1. The number of halogens is 1. The van der Waals surface area contributed by atoms with Crippen LogP contribution in [0, 0.1) is 5.82 Å². The van der Waals surface area contributed by atoms with Crippen molar-refractivity contribution in [3.05, 3.63) is 72.6 Å². The fourth-order valence-electron chi connectivity index (χ4n) is 2.84. The summed E-state index contributed by atoms with van der Waals surface area (Å²) in [7, 11) is 0. The van der Waals surface area contributed by atoms with Crippen LogP contribution < -0.4 is 10.1 Å². The molecule has 3 aromatic heterocycles. The molecule has 0 saturated carbocycles. The molecule has 0 saturated heterocycles.